The Morgan fingerprint density at radius 3 is 2.37 bits per heavy atom. The van der Waals surface area contributed by atoms with E-state index in [1.54, 1.807) is 50.6 Å². The predicted molar refractivity (Wildman–Crippen MR) is 117 cm³/mol. The first-order valence-electron chi connectivity index (χ1n) is 9.12. The maximum absolute atomic E-state index is 12.2. The van der Waals surface area contributed by atoms with Gasteiger partial charge in [-0.2, -0.15) is 5.10 Å². The lowest BCUT2D eigenvalue weighted by Crippen LogP contribution is -2.17. The number of hydrogen-bond acceptors (Lipinski definition) is 5. The van der Waals surface area contributed by atoms with Crippen LogP contribution in [0.25, 0.3) is 0 Å². The molecule has 0 heterocycles. The van der Waals surface area contributed by atoms with Gasteiger partial charge < -0.3 is 14.2 Å². The van der Waals surface area contributed by atoms with Crippen molar-refractivity contribution in [3.63, 3.8) is 0 Å². The molecule has 0 aliphatic rings. The quantitative estimate of drug-likeness (QED) is 0.420. The topological polar surface area (TPSA) is 69.2 Å². The molecule has 0 saturated heterocycles. The van der Waals surface area contributed by atoms with Crippen molar-refractivity contribution in [1.82, 2.24) is 5.43 Å². The summed E-state index contributed by atoms with van der Waals surface area (Å²) in [4.78, 5) is 12.2. The van der Waals surface area contributed by atoms with Gasteiger partial charge in [0.15, 0.2) is 11.5 Å². The zero-order valence-corrected chi connectivity index (χ0v) is 17.3. The van der Waals surface area contributed by atoms with E-state index in [1.165, 1.54) is 6.21 Å². The molecule has 0 fully saturated rings. The maximum atomic E-state index is 12.2. The Kier molecular flexibility index (Phi) is 7.29. The Morgan fingerprint density at radius 1 is 0.967 bits per heavy atom. The molecule has 0 radical (unpaired) electrons. The molecule has 3 aromatic rings. The van der Waals surface area contributed by atoms with E-state index < -0.39 is 0 Å². The second-order valence-electron chi connectivity index (χ2n) is 6.25. The number of methoxy groups -OCH3 is 2. The summed E-state index contributed by atoms with van der Waals surface area (Å²) < 4.78 is 16.3. The number of rotatable bonds is 8. The first kappa shape index (κ1) is 21.2. The van der Waals surface area contributed by atoms with Crippen molar-refractivity contribution in [2.45, 2.75) is 6.61 Å². The standard InChI is InChI=1S/C23H21ClN2O4/c1-28-20-10-6-18(7-11-20)23(27)26-25-14-17-5-12-21(29-2)22(13-17)30-15-16-3-8-19(24)9-4-16/h3-14H,15H2,1-2H3,(H,26,27)/b25-14+. The molecule has 3 aromatic carbocycles. The molecule has 7 heteroatoms. The lowest BCUT2D eigenvalue weighted by Gasteiger charge is -2.11. The van der Waals surface area contributed by atoms with Gasteiger partial charge in [0.25, 0.3) is 5.91 Å². The van der Waals surface area contributed by atoms with Crippen LogP contribution in [-0.4, -0.2) is 26.3 Å². The molecule has 30 heavy (non-hydrogen) atoms. The van der Waals surface area contributed by atoms with Gasteiger partial charge in [-0.1, -0.05) is 23.7 Å². The Bertz CT molecular complexity index is 1020. The number of halogens is 1. The van der Waals surface area contributed by atoms with Crippen LogP contribution in [0.15, 0.2) is 71.8 Å². The molecule has 1 amide bonds. The highest BCUT2D eigenvalue weighted by Gasteiger charge is 2.07. The smallest absolute Gasteiger partial charge is 0.271 e. The summed E-state index contributed by atoms with van der Waals surface area (Å²) in [5.74, 6) is 1.53. The van der Waals surface area contributed by atoms with Gasteiger partial charge in [-0.15, -0.1) is 0 Å². The number of hydrazone groups is 1. The highest BCUT2D eigenvalue weighted by atomic mass is 35.5. The number of carbonyl (C=O) groups is 1. The van der Waals surface area contributed by atoms with Crippen LogP contribution in [0.2, 0.25) is 5.02 Å². The second kappa shape index (κ2) is 10.3. The normalized spacial score (nSPS) is 10.6. The predicted octanol–water partition coefficient (Wildman–Crippen LogP) is 4.70. The number of nitrogens with one attached hydrogen (secondary N) is 1. The van der Waals surface area contributed by atoms with Crippen LogP contribution >= 0.6 is 11.6 Å². The van der Waals surface area contributed by atoms with Crippen molar-refractivity contribution in [3.8, 4) is 17.2 Å². The average molecular weight is 425 g/mol. The van der Waals surface area contributed by atoms with Crippen LogP contribution in [0.1, 0.15) is 21.5 Å². The summed E-state index contributed by atoms with van der Waals surface area (Å²) in [7, 11) is 3.15. The highest BCUT2D eigenvalue weighted by molar-refractivity contribution is 6.30. The average Bonchev–Trinajstić information content (AvgIpc) is 2.78. The van der Waals surface area contributed by atoms with Crippen LogP contribution < -0.4 is 19.6 Å². The number of benzene rings is 3. The third-order valence-corrected chi connectivity index (χ3v) is 4.48. The van der Waals surface area contributed by atoms with Crippen LogP contribution in [0.3, 0.4) is 0 Å². The van der Waals surface area contributed by atoms with Crippen LogP contribution in [0.5, 0.6) is 17.2 Å². The van der Waals surface area contributed by atoms with Crippen LogP contribution in [0, 0.1) is 0 Å². The summed E-state index contributed by atoms with van der Waals surface area (Å²) in [5, 5.41) is 4.69. The maximum Gasteiger partial charge on any atom is 0.271 e. The molecule has 0 atom stereocenters. The number of hydrogen-bond donors (Lipinski definition) is 1. The minimum atomic E-state index is -0.318. The molecule has 0 aliphatic carbocycles. The fraction of sp³-hybridized carbons (Fsp3) is 0.130. The van der Waals surface area contributed by atoms with Crippen LogP contribution in [0.4, 0.5) is 0 Å². The molecule has 0 bridgehead atoms. The number of nitrogens with zero attached hydrogens (tertiary/aromatic N) is 1. The van der Waals surface area contributed by atoms with Crippen molar-refractivity contribution in [3.05, 3.63) is 88.4 Å². The van der Waals surface area contributed by atoms with Gasteiger partial charge in [0.2, 0.25) is 0 Å². The third-order valence-electron chi connectivity index (χ3n) is 4.23. The van der Waals surface area contributed by atoms with Gasteiger partial charge in [-0.05, 0) is 65.7 Å². The molecule has 0 unspecified atom stereocenters. The van der Waals surface area contributed by atoms with Gasteiger partial charge in [-0.25, -0.2) is 5.43 Å². The first-order valence-corrected chi connectivity index (χ1v) is 9.49. The fourth-order valence-corrected chi connectivity index (χ4v) is 2.73. The number of carbonyl (C=O) groups excluding carboxylic acids is 1. The van der Waals surface area contributed by atoms with E-state index in [-0.39, 0.29) is 5.91 Å². The molecule has 154 valence electrons. The molecule has 0 saturated carbocycles. The van der Waals surface area contributed by atoms with Crippen molar-refractivity contribution >= 4 is 23.7 Å². The Labute approximate surface area is 180 Å². The monoisotopic (exact) mass is 424 g/mol. The lowest BCUT2D eigenvalue weighted by atomic mass is 10.2. The van der Waals surface area contributed by atoms with E-state index in [9.17, 15) is 4.79 Å². The van der Waals surface area contributed by atoms with Crippen LogP contribution in [-0.2, 0) is 6.61 Å². The number of ether oxygens (including phenoxy) is 3. The van der Waals surface area contributed by atoms with Crippen molar-refractivity contribution in [1.29, 1.82) is 0 Å². The molecular weight excluding hydrogens is 404 g/mol. The zero-order valence-electron chi connectivity index (χ0n) is 16.6. The van der Waals surface area contributed by atoms with Crippen molar-refractivity contribution in [2.24, 2.45) is 5.10 Å². The fourth-order valence-electron chi connectivity index (χ4n) is 2.60. The largest absolute Gasteiger partial charge is 0.497 e. The minimum absolute atomic E-state index is 0.318. The van der Waals surface area contributed by atoms with E-state index in [0.717, 1.165) is 11.1 Å². The minimum Gasteiger partial charge on any atom is -0.497 e. The van der Waals surface area contributed by atoms with Gasteiger partial charge in [-0.3, -0.25) is 4.79 Å². The Morgan fingerprint density at radius 2 is 1.70 bits per heavy atom. The Balaban J connectivity index is 1.64. The zero-order chi connectivity index (χ0) is 21.3. The molecule has 1 N–H and O–H groups in total. The molecule has 0 aliphatic heterocycles. The summed E-state index contributed by atoms with van der Waals surface area (Å²) >= 11 is 5.91. The third kappa shape index (κ3) is 5.75. The van der Waals surface area contributed by atoms with E-state index in [0.29, 0.717) is 34.4 Å². The lowest BCUT2D eigenvalue weighted by molar-refractivity contribution is 0.0955. The highest BCUT2D eigenvalue weighted by Crippen LogP contribution is 2.28. The molecule has 3 rings (SSSR count). The van der Waals surface area contributed by atoms with E-state index in [2.05, 4.69) is 10.5 Å². The Hall–Kier alpha value is -3.51. The summed E-state index contributed by atoms with van der Waals surface area (Å²) in [6, 6.07) is 19.6. The van der Waals surface area contributed by atoms with Gasteiger partial charge in [0, 0.05) is 10.6 Å². The summed E-state index contributed by atoms with van der Waals surface area (Å²) in [6.45, 7) is 0.363. The molecule has 0 aromatic heterocycles. The number of amides is 1. The first-order chi connectivity index (χ1) is 14.6. The van der Waals surface area contributed by atoms with E-state index in [1.807, 2.05) is 30.3 Å². The van der Waals surface area contributed by atoms with E-state index >= 15 is 0 Å². The van der Waals surface area contributed by atoms with Gasteiger partial charge in [0.05, 0.1) is 20.4 Å². The van der Waals surface area contributed by atoms with Gasteiger partial charge in [0.1, 0.15) is 12.4 Å². The van der Waals surface area contributed by atoms with Crippen molar-refractivity contribution < 1.29 is 19.0 Å². The van der Waals surface area contributed by atoms with E-state index in [4.69, 9.17) is 25.8 Å². The molecule has 0 spiro atoms. The second-order valence-corrected chi connectivity index (χ2v) is 6.69. The summed E-state index contributed by atoms with van der Waals surface area (Å²) in [5.41, 5.74) is 4.71. The molecular formula is C23H21ClN2O4. The SMILES string of the molecule is COc1ccc(C(=O)N/N=C/c2ccc(OC)c(OCc3ccc(Cl)cc3)c2)cc1. The van der Waals surface area contributed by atoms with Gasteiger partial charge >= 0.3 is 0 Å². The van der Waals surface area contributed by atoms with Crippen molar-refractivity contribution in [2.75, 3.05) is 14.2 Å². The summed E-state index contributed by atoms with van der Waals surface area (Å²) in [6.07, 6.45) is 1.54. The molecule has 6 nitrogen and oxygen atoms in total.